The van der Waals surface area contributed by atoms with Crippen LogP contribution in [-0.4, -0.2) is 70.1 Å². The largest absolute Gasteiger partial charge is 0.400 e. The second-order valence-corrected chi connectivity index (χ2v) is 20.8. The van der Waals surface area contributed by atoms with Gasteiger partial charge in [0.1, 0.15) is 0 Å². The fourth-order valence-electron chi connectivity index (χ4n) is 2.25. The number of hydrogen-bond acceptors (Lipinski definition) is 7. The monoisotopic (exact) mass is 421 g/mol. The zero-order valence-corrected chi connectivity index (χ0v) is 20.3. The Morgan fingerprint density at radius 2 is 1.13 bits per heavy atom. The highest BCUT2D eigenvalue weighted by Gasteiger charge is 2.34. The molecule has 0 heterocycles. The predicted molar refractivity (Wildman–Crippen MR) is 110 cm³/mol. The third kappa shape index (κ3) is 10.8. The summed E-state index contributed by atoms with van der Waals surface area (Å²) in [6.45, 7) is 6.33. The minimum absolute atomic E-state index is 0.456. The van der Waals surface area contributed by atoms with Crippen LogP contribution in [-0.2, 0) is 17.7 Å². The van der Waals surface area contributed by atoms with E-state index in [4.69, 9.17) is 17.7 Å². The van der Waals surface area contributed by atoms with Gasteiger partial charge in [0, 0.05) is 39.9 Å². The molecule has 5 nitrogen and oxygen atoms in total. The molecule has 0 saturated carbocycles. The molecule has 10 heteroatoms. The summed E-state index contributed by atoms with van der Waals surface area (Å²) < 4.78 is 21.6. The van der Waals surface area contributed by atoms with Gasteiger partial charge in [-0.2, -0.15) is 0 Å². The molecule has 0 aliphatic carbocycles. The van der Waals surface area contributed by atoms with E-state index in [-0.39, 0.29) is 0 Å². The topological polar surface area (TPSA) is 57.2 Å². The maximum atomic E-state index is 10.6. The molecule has 23 heavy (non-hydrogen) atoms. The molecule has 0 aliphatic rings. The Morgan fingerprint density at radius 1 is 0.826 bits per heavy atom. The van der Waals surface area contributed by atoms with Crippen LogP contribution in [0.25, 0.3) is 0 Å². The van der Waals surface area contributed by atoms with Gasteiger partial charge >= 0.3 is 18.6 Å². The first-order valence-electron chi connectivity index (χ1n) is 7.80. The highest BCUT2D eigenvalue weighted by atomic mass is 33.1. The van der Waals surface area contributed by atoms with E-state index in [0.717, 1.165) is 24.3 Å². The van der Waals surface area contributed by atoms with Gasteiger partial charge in [0.25, 0.3) is 5.89 Å². The molecule has 0 radical (unpaired) electrons. The van der Waals surface area contributed by atoms with Gasteiger partial charge in [-0.1, -0.05) is 13.8 Å². The maximum Gasteiger partial charge on any atom is 0.323 e. The standard InChI is InChI=1S/C13H34O5PS2Si2/c1-12(22(15-3)16-4)8-10-20-19(7,14)21-11-9-13(2)23(17-5)18-6/h12-14,22-23H,8-11H2,1-7H3/q+1. The minimum Gasteiger partial charge on any atom is -0.400 e. The highest BCUT2D eigenvalue weighted by Crippen LogP contribution is 2.73. The summed E-state index contributed by atoms with van der Waals surface area (Å²) in [4.78, 5) is 10.6. The normalized spacial score (nSPS) is 17.5. The van der Waals surface area contributed by atoms with Gasteiger partial charge in [0.15, 0.2) is 0 Å². The van der Waals surface area contributed by atoms with Crippen molar-refractivity contribution in [3.8, 4) is 0 Å². The molecule has 0 spiro atoms. The van der Waals surface area contributed by atoms with E-state index in [0.29, 0.717) is 11.1 Å². The fourth-order valence-corrected chi connectivity index (χ4v) is 12.5. The fraction of sp³-hybridized carbons (Fsp3) is 1.00. The Labute approximate surface area is 154 Å². The molecule has 0 aromatic carbocycles. The van der Waals surface area contributed by atoms with Crippen LogP contribution in [0.5, 0.6) is 0 Å². The summed E-state index contributed by atoms with van der Waals surface area (Å²) in [7, 11) is 3.81. The summed E-state index contributed by atoms with van der Waals surface area (Å²) in [5.41, 5.74) is 0.912. The van der Waals surface area contributed by atoms with Crippen molar-refractivity contribution in [1.82, 2.24) is 0 Å². The number of rotatable bonds is 14. The summed E-state index contributed by atoms with van der Waals surface area (Å²) in [5.74, 6) is -0.0431. The molecule has 2 unspecified atom stereocenters. The van der Waals surface area contributed by atoms with Crippen molar-refractivity contribution in [2.24, 2.45) is 0 Å². The lowest BCUT2D eigenvalue weighted by molar-refractivity contribution is 0.266. The van der Waals surface area contributed by atoms with E-state index >= 15 is 0 Å². The Morgan fingerprint density at radius 3 is 1.39 bits per heavy atom. The van der Waals surface area contributed by atoms with E-state index in [2.05, 4.69) is 13.8 Å². The van der Waals surface area contributed by atoms with Crippen LogP contribution < -0.4 is 0 Å². The summed E-state index contributed by atoms with van der Waals surface area (Å²) in [5, 5.41) is 0. The lowest BCUT2D eigenvalue weighted by Gasteiger charge is -2.20. The van der Waals surface area contributed by atoms with Crippen molar-refractivity contribution in [2.75, 3.05) is 46.6 Å². The third-order valence-corrected chi connectivity index (χ3v) is 15.7. The van der Waals surface area contributed by atoms with Gasteiger partial charge in [-0.25, -0.2) is 4.89 Å². The van der Waals surface area contributed by atoms with E-state index < -0.39 is 24.5 Å². The molecule has 0 amide bonds. The molecule has 0 aromatic rings. The lowest BCUT2D eigenvalue weighted by atomic mass is 10.4. The van der Waals surface area contributed by atoms with E-state index in [1.807, 2.05) is 6.66 Å². The number of hydrogen-bond donors (Lipinski definition) is 1. The highest BCUT2D eigenvalue weighted by molar-refractivity contribution is 8.92. The van der Waals surface area contributed by atoms with Crippen molar-refractivity contribution >= 4 is 47.2 Å². The van der Waals surface area contributed by atoms with Gasteiger partial charge in [0.2, 0.25) is 0 Å². The SMILES string of the molecule is CO[SiH](OC)C(C)CCS[P+](C)(O)SCCC(C)[SiH](OC)OC. The van der Waals surface area contributed by atoms with Gasteiger partial charge in [0.05, 0.1) is 29.4 Å². The van der Waals surface area contributed by atoms with Crippen molar-refractivity contribution in [2.45, 2.75) is 37.8 Å². The molecule has 0 aromatic heterocycles. The molecular formula is C13H34O5PS2Si2+. The zero-order valence-electron chi connectivity index (χ0n) is 15.5. The maximum absolute atomic E-state index is 10.6. The minimum atomic E-state index is -1.95. The van der Waals surface area contributed by atoms with Gasteiger partial charge < -0.3 is 17.7 Å². The first-order valence-corrected chi connectivity index (χ1v) is 16.4. The third-order valence-electron chi connectivity index (χ3n) is 3.67. The van der Waals surface area contributed by atoms with Crippen molar-refractivity contribution < 1.29 is 22.6 Å². The van der Waals surface area contributed by atoms with Crippen molar-refractivity contribution in [3.63, 3.8) is 0 Å². The Hall–Kier alpha value is 1.36. The van der Waals surface area contributed by atoms with E-state index in [1.165, 1.54) is 0 Å². The lowest BCUT2D eigenvalue weighted by Crippen LogP contribution is -2.25. The Balaban J connectivity index is 4.01. The molecule has 0 rings (SSSR count). The first-order chi connectivity index (χ1) is 10.8. The Bertz CT molecular complexity index is 272. The second kappa shape index (κ2) is 13.6. The van der Waals surface area contributed by atoms with Crippen LogP contribution in [0.2, 0.25) is 11.1 Å². The average molecular weight is 422 g/mol. The van der Waals surface area contributed by atoms with Crippen LogP contribution in [0, 0.1) is 0 Å². The summed E-state index contributed by atoms with van der Waals surface area (Å²) in [6.07, 6.45) is 2.05. The smallest absolute Gasteiger partial charge is 0.323 e. The molecule has 0 bridgehead atoms. The van der Waals surface area contributed by atoms with Crippen LogP contribution in [0.3, 0.4) is 0 Å². The van der Waals surface area contributed by atoms with Gasteiger partial charge in [-0.3, -0.25) is 0 Å². The van der Waals surface area contributed by atoms with Crippen molar-refractivity contribution in [3.05, 3.63) is 0 Å². The second-order valence-electron chi connectivity index (χ2n) is 5.68. The molecule has 140 valence electrons. The zero-order chi connectivity index (χ0) is 17.9. The van der Waals surface area contributed by atoms with Gasteiger partial charge in [-0.15, -0.1) is 0 Å². The molecule has 1 N–H and O–H groups in total. The van der Waals surface area contributed by atoms with Crippen LogP contribution in [0.1, 0.15) is 26.7 Å². The summed E-state index contributed by atoms with van der Waals surface area (Å²) in [6, 6.07) is 0. The average Bonchev–Trinajstić information content (AvgIpc) is 2.49. The van der Waals surface area contributed by atoms with E-state index in [1.54, 1.807) is 51.2 Å². The molecule has 2 atom stereocenters. The Kier molecular flexibility index (Phi) is 14.4. The van der Waals surface area contributed by atoms with Gasteiger partial charge in [-0.05, 0) is 23.9 Å². The first kappa shape index (κ1) is 24.4. The summed E-state index contributed by atoms with van der Waals surface area (Å²) >= 11 is 3.41. The van der Waals surface area contributed by atoms with Crippen molar-refractivity contribution in [1.29, 1.82) is 0 Å². The quantitative estimate of drug-likeness (QED) is 0.341. The van der Waals surface area contributed by atoms with Crippen LogP contribution >= 0.6 is 28.7 Å². The van der Waals surface area contributed by atoms with Crippen LogP contribution in [0.15, 0.2) is 0 Å². The van der Waals surface area contributed by atoms with E-state index in [9.17, 15) is 4.89 Å². The predicted octanol–water partition coefficient (Wildman–Crippen LogP) is 3.42. The molecule has 0 fully saturated rings. The molecule has 0 aliphatic heterocycles. The molecular weight excluding hydrogens is 387 g/mol. The molecule has 0 saturated heterocycles. The van der Waals surface area contributed by atoms with Crippen LogP contribution in [0.4, 0.5) is 0 Å².